The van der Waals surface area contributed by atoms with Gasteiger partial charge in [-0.1, -0.05) is 5.16 Å². The molecule has 0 bridgehead atoms. The summed E-state index contributed by atoms with van der Waals surface area (Å²) in [6.07, 6.45) is 5.60. The topological polar surface area (TPSA) is 71.1 Å². The van der Waals surface area contributed by atoms with Crippen LogP contribution in [0.15, 0.2) is 5.16 Å². The smallest absolute Gasteiger partial charge is 0.139 e. The molecule has 5 nitrogen and oxygen atoms in total. The molecule has 5 heteroatoms. The number of nitrogens with two attached hydrogens (primary N) is 1. The number of nitrogens with zero attached hydrogens (tertiary/aromatic N) is 2. The van der Waals surface area contributed by atoms with E-state index < -0.39 is 0 Å². The number of ether oxygens (including phenoxy) is 1. The minimum atomic E-state index is 0.308. The number of likely N-dealkylation sites (N-methyl/N-ethyl adjacent to an activating group) is 1. The van der Waals surface area contributed by atoms with Crippen LogP contribution in [-0.2, 0) is 4.74 Å². The SMILES string of the molecule is CN(CCCC(N)=NO)CC1CCCCO1. The highest BCUT2D eigenvalue weighted by Crippen LogP contribution is 2.13. The van der Waals surface area contributed by atoms with Gasteiger partial charge in [-0.2, -0.15) is 0 Å². The number of amidine groups is 1. The Morgan fingerprint density at radius 1 is 1.56 bits per heavy atom. The zero-order valence-electron chi connectivity index (χ0n) is 10.1. The van der Waals surface area contributed by atoms with E-state index in [0.29, 0.717) is 18.4 Å². The monoisotopic (exact) mass is 229 g/mol. The number of hydrogen-bond acceptors (Lipinski definition) is 4. The molecule has 0 aromatic rings. The third-order valence-corrected chi connectivity index (χ3v) is 2.89. The second kappa shape index (κ2) is 7.46. The summed E-state index contributed by atoms with van der Waals surface area (Å²) in [5, 5.41) is 11.3. The van der Waals surface area contributed by atoms with E-state index in [-0.39, 0.29) is 0 Å². The van der Waals surface area contributed by atoms with Gasteiger partial charge in [0.1, 0.15) is 5.84 Å². The highest BCUT2D eigenvalue weighted by molar-refractivity contribution is 5.79. The Balaban J connectivity index is 2.07. The molecule has 3 N–H and O–H groups in total. The molecule has 0 aromatic carbocycles. The number of oxime groups is 1. The third kappa shape index (κ3) is 5.32. The molecule has 1 fully saturated rings. The van der Waals surface area contributed by atoms with Crippen LogP contribution in [0.3, 0.4) is 0 Å². The van der Waals surface area contributed by atoms with Crippen LogP contribution in [-0.4, -0.2) is 48.8 Å². The Morgan fingerprint density at radius 3 is 3.00 bits per heavy atom. The quantitative estimate of drug-likeness (QED) is 0.309. The molecule has 1 saturated heterocycles. The second-order valence-corrected chi connectivity index (χ2v) is 4.45. The first-order valence-corrected chi connectivity index (χ1v) is 5.99. The highest BCUT2D eigenvalue weighted by atomic mass is 16.5. The van der Waals surface area contributed by atoms with Crippen molar-refractivity contribution in [2.75, 3.05) is 26.7 Å². The highest BCUT2D eigenvalue weighted by Gasteiger charge is 2.15. The number of hydrogen-bond donors (Lipinski definition) is 2. The molecule has 94 valence electrons. The van der Waals surface area contributed by atoms with Crippen molar-refractivity contribution in [1.82, 2.24) is 4.90 Å². The molecule has 1 heterocycles. The van der Waals surface area contributed by atoms with Gasteiger partial charge in [-0.25, -0.2) is 0 Å². The first-order chi connectivity index (χ1) is 7.72. The predicted molar refractivity (Wildman–Crippen MR) is 63.7 cm³/mol. The van der Waals surface area contributed by atoms with E-state index in [1.54, 1.807) is 0 Å². The van der Waals surface area contributed by atoms with Crippen LogP contribution >= 0.6 is 0 Å². The van der Waals surface area contributed by atoms with E-state index in [1.165, 1.54) is 19.3 Å². The second-order valence-electron chi connectivity index (χ2n) is 4.45. The fourth-order valence-electron chi connectivity index (χ4n) is 1.97. The van der Waals surface area contributed by atoms with Crippen LogP contribution < -0.4 is 5.73 Å². The molecule has 1 rings (SSSR count). The summed E-state index contributed by atoms with van der Waals surface area (Å²) in [7, 11) is 2.09. The van der Waals surface area contributed by atoms with Crippen LogP contribution in [0.4, 0.5) is 0 Å². The maximum atomic E-state index is 8.39. The molecular formula is C11H23N3O2. The van der Waals surface area contributed by atoms with Crippen LogP contribution in [0.25, 0.3) is 0 Å². The molecule has 1 aliphatic rings. The molecule has 0 radical (unpaired) electrons. The van der Waals surface area contributed by atoms with Crippen molar-refractivity contribution in [3.05, 3.63) is 0 Å². The summed E-state index contributed by atoms with van der Waals surface area (Å²) in [4.78, 5) is 2.25. The summed E-state index contributed by atoms with van der Waals surface area (Å²) in [6, 6.07) is 0. The lowest BCUT2D eigenvalue weighted by Crippen LogP contribution is -2.34. The van der Waals surface area contributed by atoms with Crippen LogP contribution in [0.5, 0.6) is 0 Å². The summed E-state index contributed by atoms with van der Waals surface area (Å²) in [5.74, 6) is 0.308. The minimum absolute atomic E-state index is 0.308. The van der Waals surface area contributed by atoms with Crippen molar-refractivity contribution in [3.63, 3.8) is 0 Å². The normalized spacial score (nSPS) is 22.6. The summed E-state index contributed by atoms with van der Waals surface area (Å²) in [6.45, 7) is 2.84. The fraction of sp³-hybridized carbons (Fsp3) is 0.909. The molecule has 16 heavy (non-hydrogen) atoms. The van der Waals surface area contributed by atoms with Gasteiger partial charge in [0.05, 0.1) is 6.10 Å². The minimum Gasteiger partial charge on any atom is -0.409 e. The van der Waals surface area contributed by atoms with E-state index in [9.17, 15) is 0 Å². The summed E-state index contributed by atoms with van der Waals surface area (Å²) >= 11 is 0. The van der Waals surface area contributed by atoms with Crippen molar-refractivity contribution >= 4 is 5.84 Å². The Labute approximate surface area is 97.2 Å². The molecule has 0 saturated carbocycles. The van der Waals surface area contributed by atoms with E-state index in [4.69, 9.17) is 15.7 Å². The van der Waals surface area contributed by atoms with Gasteiger partial charge in [-0.15, -0.1) is 0 Å². The van der Waals surface area contributed by atoms with Gasteiger partial charge >= 0.3 is 0 Å². The third-order valence-electron chi connectivity index (χ3n) is 2.89. The van der Waals surface area contributed by atoms with Crippen molar-refractivity contribution in [3.8, 4) is 0 Å². The average Bonchev–Trinajstić information content (AvgIpc) is 2.30. The molecule has 0 spiro atoms. The van der Waals surface area contributed by atoms with Crippen LogP contribution in [0.2, 0.25) is 0 Å². The fourth-order valence-corrected chi connectivity index (χ4v) is 1.97. The van der Waals surface area contributed by atoms with Gasteiger partial charge in [0.25, 0.3) is 0 Å². The van der Waals surface area contributed by atoms with Crippen molar-refractivity contribution in [1.29, 1.82) is 0 Å². The van der Waals surface area contributed by atoms with Crippen LogP contribution in [0, 0.1) is 0 Å². The van der Waals surface area contributed by atoms with Crippen molar-refractivity contribution in [2.24, 2.45) is 10.9 Å². The van der Waals surface area contributed by atoms with Gasteiger partial charge in [-0.3, -0.25) is 0 Å². The zero-order chi connectivity index (χ0) is 11.8. The van der Waals surface area contributed by atoms with Gasteiger partial charge in [-0.05, 0) is 39.3 Å². The lowest BCUT2D eigenvalue weighted by Gasteiger charge is -2.27. The molecule has 0 aromatic heterocycles. The molecule has 0 aliphatic carbocycles. The van der Waals surface area contributed by atoms with Crippen LogP contribution in [0.1, 0.15) is 32.1 Å². The van der Waals surface area contributed by atoms with Crippen molar-refractivity contribution < 1.29 is 9.94 Å². The Bertz CT molecular complexity index is 215. The maximum absolute atomic E-state index is 8.39. The average molecular weight is 229 g/mol. The Morgan fingerprint density at radius 2 is 2.38 bits per heavy atom. The Kier molecular flexibility index (Phi) is 6.18. The Hall–Kier alpha value is -0.810. The molecule has 0 amide bonds. The first kappa shape index (κ1) is 13.3. The van der Waals surface area contributed by atoms with Crippen molar-refractivity contribution in [2.45, 2.75) is 38.2 Å². The molecular weight excluding hydrogens is 206 g/mol. The van der Waals surface area contributed by atoms with Gasteiger partial charge in [0.15, 0.2) is 0 Å². The van der Waals surface area contributed by atoms with E-state index >= 15 is 0 Å². The molecule has 1 aliphatic heterocycles. The molecule has 1 unspecified atom stereocenters. The van der Waals surface area contributed by atoms with E-state index in [2.05, 4.69) is 17.1 Å². The van der Waals surface area contributed by atoms with Gasteiger partial charge in [0.2, 0.25) is 0 Å². The van der Waals surface area contributed by atoms with Gasteiger partial charge < -0.3 is 20.6 Å². The summed E-state index contributed by atoms with van der Waals surface area (Å²) in [5.41, 5.74) is 5.40. The van der Waals surface area contributed by atoms with E-state index in [1.807, 2.05) is 0 Å². The lowest BCUT2D eigenvalue weighted by molar-refractivity contribution is -0.00147. The first-order valence-electron chi connectivity index (χ1n) is 5.99. The lowest BCUT2D eigenvalue weighted by atomic mass is 10.1. The largest absolute Gasteiger partial charge is 0.409 e. The summed E-state index contributed by atoms with van der Waals surface area (Å²) < 4.78 is 5.67. The molecule has 1 atom stereocenters. The van der Waals surface area contributed by atoms with Gasteiger partial charge in [0, 0.05) is 19.6 Å². The number of rotatable bonds is 6. The predicted octanol–water partition coefficient (Wildman–Crippen LogP) is 1.01. The standard InChI is InChI=1S/C11H23N3O2/c1-14(7-4-6-11(12)13-15)9-10-5-2-3-8-16-10/h10,15H,2-9H2,1H3,(H2,12,13). The maximum Gasteiger partial charge on any atom is 0.139 e. The van der Waals surface area contributed by atoms with E-state index in [0.717, 1.165) is 26.1 Å². The zero-order valence-corrected chi connectivity index (χ0v) is 10.1.